The van der Waals surface area contributed by atoms with E-state index < -0.39 is 0 Å². The molecule has 1 aromatic heterocycles. The summed E-state index contributed by atoms with van der Waals surface area (Å²) in [6.45, 7) is 4.72. The van der Waals surface area contributed by atoms with Crippen LogP contribution in [-0.2, 0) is 18.3 Å². The average Bonchev–Trinajstić information content (AvgIpc) is 2.83. The summed E-state index contributed by atoms with van der Waals surface area (Å²) in [5.74, 6) is 0.765. The van der Waals surface area contributed by atoms with E-state index in [1.54, 1.807) is 4.68 Å². The van der Waals surface area contributed by atoms with Crippen LogP contribution in [0.3, 0.4) is 0 Å². The summed E-state index contributed by atoms with van der Waals surface area (Å²) < 4.78 is 7.37. The average molecular weight is 238 g/mol. The summed E-state index contributed by atoms with van der Waals surface area (Å²) >= 11 is 0. The molecule has 1 aliphatic heterocycles. The van der Waals surface area contributed by atoms with Gasteiger partial charge in [-0.15, -0.1) is 0 Å². The number of nitrogens with zero attached hydrogens (tertiary/aromatic N) is 3. The molecule has 0 aromatic carbocycles. The fourth-order valence-corrected chi connectivity index (χ4v) is 2.39. The Bertz CT molecular complexity index is 382. The number of anilines is 1. The van der Waals surface area contributed by atoms with Crippen LogP contribution in [-0.4, -0.2) is 41.0 Å². The number of aromatic nitrogens is 2. The molecule has 5 heteroatoms. The van der Waals surface area contributed by atoms with E-state index in [9.17, 15) is 0 Å². The summed E-state index contributed by atoms with van der Waals surface area (Å²) in [5, 5.41) is 4.33. The highest BCUT2D eigenvalue weighted by Gasteiger charge is 2.19. The smallest absolute Gasteiger partial charge is 0.126 e. The van der Waals surface area contributed by atoms with Gasteiger partial charge in [-0.3, -0.25) is 9.58 Å². The first-order chi connectivity index (χ1) is 8.08. The van der Waals surface area contributed by atoms with Crippen molar-refractivity contribution in [2.24, 2.45) is 7.05 Å². The molecule has 1 atom stereocenters. The second-order valence-corrected chi connectivity index (χ2v) is 4.90. The summed E-state index contributed by atoms with van der Waals surface area (Å²) in [5.41, 5.74) is 8.15. The van der Waals surface area contributed by atoms with Gasteiger partial charge in [0.1, 0.15) is 5.82 Å². The van der Waals surface area contributed by atoms with E-state index >= 15 is 0 Å². The predicted molar refractivity (Wildman–Crippen MR) is 67.7 cm³/mol. The van der Waals surface area contributed by atoms with Crippen molar-refractivity contribution in [1.29, 1.82) is 0 Å². The quantitative estimate of drug-likeness (QED) is 0.847. The summed E-state index contributed by atoms with van der Waals surface area (Å²) in [6, 6.07) is 0. The molecule has 0 radical (unpaired) electrons. The van der Waals surface area contributed by atoms with E-state index in [-0.39, 0.29) is 0 Å². The van der Waals surface area contributed by atoms with Crippen molar-refractivity contribution in [3.05, 3.63) is 11.3 Å². The summed E-state index contributed by atoms with van der Waals surface area (Å²) in [4.78, 5) is 2.26. The van der Waals surface area contributed by atoms with E-state index in [4.69, 9.17) is 10.5 Å². The Morgan fingerprint density at radius 3 is 2.88 bits per heavy atom. The lowest BCUT2D eigenvalue weighted by atomic mass is 10.2. The third-order valence-electron chi connectivity index (χ3n) is 3.36. The standard InChI is InChI=1S/C12H22N4O/c1-9-11(12(13)16(3)14-9)8-15(2)7-10-5-4-6-17-10/h10H,4-8,13H2,1-3H3. The van der Waals surface area contributed by atoms with E-state index in [0.717, 1.165) is 36.8 Å². The SMILES string of the molecule is Cc1nn(C)c(N)c1CN(C)CC1CCCO1. The van der Waals surface area contributed by atoms with Gasteiger partial charge in [0.05, 0.1) is 11.8 Å². The number of hydrogen-bond acceptors (Lipinski definition) is 4. The molecule has 2 heterocycles. The van der Waals surface area contributed by atoms with Gasteiger partial charge in [-0.25, -0.2) is 0 Å². The lowest BCUT2D eigenvalue weighted by molar-refractivity contribution is 0.0793. The lowest BCUT2D eigenvalue weighted by Crippen LogP contribution is -2.28. The fraction of sp³-hybridized carbons (Fsp3) is 0.750. The minimum Gasteiger partial charge on any atom is -0.384 e. The molecule has 2 N–H and O–H groups in total. The maximum absolute atomic E-state index is 6.00. The number of ether oxygens (including phenoxy) is 1. The van der Waals surface area contributed by atoms with Crippen molar-refractivity contribution in [1.82, 2.24) is 14.7 Å². The number of nitrogens with two attached hydrogens (primary N) is 1. The monoisotopic (exact) mass is 238 g/mol. The van der Waals surface area contributed by atoms with Crippen LogP contribution in [0.25, 0.3) is 0 Å². The number of rotatable bonds is 4. The first-order valence-electron chi connectivity index (χ1n) is 6.16. The molecule has 0 bridgehead atoms. The first-order valence-corrected chi connectivity index (χ1v) is 6.16. The predicted octanol–water partition coefficient (Wildman–Crippen LogP) is 0.922. The Balaban J connectivity index is 1.95. The highest BCUT2D eigenvalue weighted by molar-refractivity contribution is 5.42. The number of nitrogen functional groups attached to an aromatic ring is 1. The molecular formula is C12H22N4O. The van der Waals surface area contributed by atoms with Gasteiger partial charge in [0.2, 0.25) is 0 Å². The third kappa shape index (κ3) is 2.79. The normalized spacial score (nSPS) is 20.4. The van der Waals surface area contributed by atoms with Crippen LogP contribution >= 0.6 is 0 Å². The molecule has 5 nitrogen and oxygen atoms in total. The largest absolute Gasteiger partial charge is 0.384 e. The summed E-state index contributed by atoms with van der Waals surface area (Å²) in [6.07, 6.45) is 2.75. The van der Waals surface area contributed by atoms with Gasteiger partial charge in [0.15, 0.2) is 0 Å². The zero-order valence-corrected chi connectivity index (χ0v) is 10.9. The Hall–Kier alpha value is -1.07. The zero-order valence-electron chi connectivity index (χ0n) is 10.9. The van der Waals surface area contributed by atoms with Gasteiger partial charge in [-0.1, -0.05) is 0 Å². The van der Waals surface area contributed by atoms with Crippen molar-refractivity contribution in [3.8, 4) is 0 Å². The van der Waals surface area contributed by atoms with E-state index in [2.05, 4.69) is 17.0 Å². The van der Waals surface area contributed by atoms with Crippen molar-refractivity contribution in [2.75, 3.05) is 25.9 Å². The fourth-order valence-electron chi connectivity index (χ4n) is 2.39. The molecule has 96 valence electrons. The molecular weight excluding hydrogens is 216 g/mol. The van der Waals surface area contributed by atoms with Crippen LogP contribution in [0.1, 0.15) is 24.1 Å². The molecule has 1 aliphatic rings. The van der Waals surface area contributed by atoms with Crippen LogP contribution in [0.5, 0.6) is 0 Å². The van der Waals surface area contributed by atoms with Gasteiger partial charge in [-0.2, -0.15) is 5.10 Å². The number of hydrogen-bond donors (Lipinski definition) is 1. The highest BCUT2D eigenvalue weighted by Crippen LogP contribution is 2.18. The lowest BCUT2D eigenvalue weighted by Gasteiger charge is -2.20. The van der Waals surface area contributed by atoms with E-state index in [1.165, 1.54) is 12.8 Å². The van der Waals surface area contributed by atoms with Gasteiger partial charge >= 0.3 is 0 Å². The minimum absolute atomic E-state index is 0.387. The Kier molecular flexibility index (Phi) is 3.69. The van der Waals surface area contributed by atoms with Crippen molar-refractivity contribution < 1.29 is 4.74 Å². The molecule has 1 aromatic rings. The zero-order chi connectivity index (χ0) is 12.4. The van der Waals surface area contributed by atoms with Crippen molar-refractivity contribution in [3.63, 3.8) is 0 Å². The van der Waals surface area contributed by atoms with Crippen molar-refractivity contribution in [2.45, 2.75) is 32.4 Å². The maximum atomic E-state index is 6.00. The van der Waals surface area contributed by atoms with Crippen LogP contribution in [0.2, 0.25) is 0 Å². The molecule has 0 saturated carbocycles. The van der Waals surface area contributed by atoms with Gasteiger partial charge in [-0.05, 0) is 26.8 Å². The van der Waals surface area contributed by atoms with Crippen LogP contribution in [0.4, 0.5) is 5.82 Å². The highest BCUT2D eigenvalue weighted by atomic mass is 16.5. The van der Waals surface area contributed by atoms with Crippen LogP contribution in [0.15, 0.2) is 0 Å². The van der Waals surface area contributed by atoms with Gasteiger partial charge in [0.25, 0.3) is 0 Å². The van der Waals surface area contributed by atoms with E-state index in [1.807, 2.05) is 14.0 Å². The van der Waals surface area contributed by atoms with Gasteiger partial charge < -0.3 is 10.5 Å². The number of aryl methyl sites for hydroxylation is 2. The molecule has 0 amide bonds. The van der Waals surface area contributed by atoms with Crippen molar-refractivity contribution >= 4 is 5.82 Å². The molecule has 0 aliphatic carbocycles. The minimum atomic E-state index is 0.387. The Labute approximate surface area is 103 Å². The molecule has 1 unspecified atom stereocenters. The molecule has 0 spiro atoms. The Morgan fingerprint density at radius 1 is 1.59 bits per heavy atom. The van der Waals surface area contributed by atoms with Gasteiger partial charge in [0, 0.05) is 32.3 Å². The topological polar surface area (TPSA) is 56.3 Å². The van der Waals surface area contributed by atoms with Crippen LogP contribution in [0, 0.1) is 6.92 Å². The van der Waals surface area contributed by atoms with E-state index in [0.29, 0.717) is 6.10 Å². The summed E-state index contributed by atoms with van der Waals surface area (Å²) in [7, 11) is 3.99. The Morgan fingerprint density at radius 2 is 2.35 bits per heavy atom. The second kappa shape index (κ2) is 5.06. The number of likely N-dealkylation sites (N-methyl/N-ethyl adjacent to an activating group) is 1. The maximum Gasteiger partial charge on any atom is 0.126 e. The second-order valence-electron chi connectivity index (χ2n) is 4.90. The first kappa shape index (κ1) is 12.4. The molecule has 1 fully saturated rings. The third-order valence-corrected chi connectivity index (χ3v) is 3.36. The molecule has 1 saturated heterocycles. The van der Waals surface area contributed by atoms with Crippen LogP contribution < -0.4 is 5.73 Å². The molecule has 17 heavy (non-hydrogen) atoms. The molecule has 2 rings (SSSR count).